The number of ketones is 1. The summed E-state index contributed by atoms with van der Waals surface area (Å²) in [5.74, 6) is -0.274. The molecule has 0 saturated carbocycles. The van der Waals surface area contributed by atoms with E-state index in [0.29, 0.717) is 17.7 Å². The van der Waals surface area contributed by atoms with Gasteiger partial charge in [-0.15, -0.1) is 0 Å². The zero-order valence-corrected chi connectivity index (χ0v) is 11.1. The number of carbonyl (C=O) groups excluding carboxylic acids is 1. The van der Waals surface area contributed by atoms with Crippen molar-refractivity contribution in [2.24, 2.45) is 0 Å². The molecule has 100 valence electrons. The zero-order valence-electron chi connectivity index (χ0n) is 11.1. The van der Waals surface area contributed by atoms with Gasteiger partial charge in [0.25, 0.3) is 0 Å². The molecule has 0 atom stereocenters. The summed E-state index contributed by atoms with van der Waals surface area (Å²) >= 11 is 0. The van der Waals surface area contributed by atoms with E-state index in [0.717, 1.165) is 19.3 Å². The van der Waals surface area contributed by atoms with E-state index in [1.54, 1.807) is 6.92 Å². The molecular weight excluding hydrogens is 232 g/mol. The summed E-state index contributed by atoms with van der Waals surface area (Å²) in [7, 11) is 1.45. The maximum atomic E-state index is 12.0. The SMILES string of the molecule is CCCCCC(=O)c1c(O)cc(OC)c(C)c1O. The second kappa shape index (κ2) is 6.28. The van der Waals surface area contributed by atoms with Gasteiger partial charge in [-0.05, 0) is 13.3 Å². The highest BCUT2D eigenvalue weighted by Crippen LogP contribution is 2.38. The van der Waals surface area contributed by atoms with Crippen LogP contribution in [0, 0.1) is 6.92 Å². The van der Waals surface area contributed by atoms with Crippen molar-refractivity contribution in [2.45, 2.75) is 39.5 Å². The number of ether oxygens (including phenoxy) is 1. The van der Waals surface area contributed by atoms with E-state index >= 15 is 0 Å². The molecule has 1 aromatic rings. The molecule has 18 heavy (non-hydrogen) atoms. The van der Waals surface area contributed by atoms with E-state index in [4.69, 9.17) is 4.74 Å². The van der Waals surface area contributed by atoms with E-state index in [-0.39, 0.29) is 22.8 Å². The normalized spacial score (nSPS) is 10.4. The van der Waals surface area contributed by atoms with Crippen molar-refractivity contribution in [3.63, 3.8) is 0 Å². The smallest absolute Gasteiger partial charge is 0.170 e. The lowest BCUT2D eigenvalue weighted by Gasteiger charge is -2.12. The molecule has 2 N–H and O–H groups in total. The predicted molar refractivity (Wildman–Crippen MR) is 69.5 cm³/mol. The van der Waals surface area contributed by atoms with Gasteiger partial charge in [0, 0.05) is 18.1 Å². The van der Waals surface area contributed by atoms with Crippen LogP contribution in [-0.4, -0.2) is 23.1 Å². The molecule has 0 fully saturated rings. The Hall–Kier alpha value is -1.71. The summed E-state index contributed by atoms with van der Waals surface area (Å²) in [5, 5.41) is 19.8. The van der Waals surface area contributed by atoms with Crippen LogP contribution in [0.2, 0.25) is 0 Å². The quantitative estimate of drug-likeness (QED) is 0.602. The fourth-order valence-electron chi connectivity index (χ4n) is 1.88. The number of unbranched alkanes of at least 4 members (excludes halogenated alkanes) is 2. The first-order chi connectivity index (χ1) is 8.52. The molecule has 4 heteroatoms. The largest absolute Gasteiger partial charge is 0.507 e. The minimum absolute atomic E-state index is 0.00408. The Morgan fingerprint density at radius 2 is 2.00 bits per heavy atom. The Kier molecular flexibility index (Phi) is 5.01. The van der Waals surface area contributed by atoms with Crippen LogP contribution in [0.1, 0.15) is 48.5 Å². The first-order valence-electron chi connectivity index (χ1n) is 6.15. The minimum atomic E-state index is -0.232. The number of hydrogen-bond donors (Lipinski definition) is 2. The Balaban J connectivity index is 3.02. The van der Waals surface area contributed by atoms with Gasteiger partial charge >= 0.3 is 0 Å². The standard InChI is InChI=1S/C14H20O4/c1-4-5-6-7-10(15)13-11(16)8-12(18-3)9(2)14(13)17/h8,16-17H,4-7H2,1-3H3. The molecule has 0 aliphatic heterocycles. The van der Waals surface area contributed by atoms with Gasteiger partial charge in [-0.25, -0.2) is 0 Å². The third-order valence-electron chi connectivity index (χ3n) is 2.99. The van der Waals surface area contributed by atoms with Crippen LogP contribution in [0.15, 0.2) is 6.07 Å². The number of Topliss-reactive ketones (excluding diaryl/α,β-unsaturated/α-hetero) is 1. The number of methoxy groups -OCH3 is 1. The molecule has 0 amide bonds. The number of hydrogen-bond acceptors (Lipinski definition) is 4. The molecule has 0 bridgehead atoms. The van der Waals surface area contributed by atoms with Crippen molar-refractivity contribution >= 4 is 5.78 Å². The van der Waals surface area contributed by atoms with Gasteiger partial charge in [0.15, 0.2) is 5.78 Å². The highest BCUT2D eigenvalue weighted by Gasteiger charge is 2.20. The summed E-state index contributed by atoms with van der Waals surface area (Å²) in [6.45, 7) is 3.70. The van der Waals surface area contributed by atoms with Gasteiger partial charge in [0.05, 0.1) is 7.11 Å². The Labute approximate surface area is 107 Å². The molecule has 0 heterocycles. The van der Waals surface area contributed by atoms with Crippen LogP contribution in [0.25, 0.3) is 0 Å². The first-order valence-corrected chi connectivity index (χ1v) is 6.15. The van der Waals surface area contributed by atoms with Gasteiger partial charge in [-0.1, -0.05) is 19.8 Å². The van der Waals surface area contributed by atoms with Crippen LogP contribution < -0.4 is 4.74 Å². The molecule has 0 unspecified atom stereocenters. The summed E-state index contributed by atoms with van der Waals surface area (Å²) in [5.41, 5.74) is 0.471. The maximum absolute atomic E-state index is 12.0. The van der Waals surface area contributed by atoms with E-state index in [1.165, 1.54) is 13.2 Å². The number of rotatable bonds is 6. The Morgan fingerprint density at radius 3 is 2.56 bits per heavy atom. The minimum Gasteiger partial charge on any atom is -0.507 e. The predicted octanol–water partition coefficient (Wildman–Crippen LogP) is 3.18. The topological polar surface area (TPSA) is 66.8 Å². The van der Waals surface area contributed by atoms with Crippen molar-refractivity contribution in [1.29, 1.82) is 0 Å². The molecule has 0 aliphatic rings. The monoisotopic (exact) mass is 252 g/mol. The van der Waals surface area contributed by atoms with Gasteiger partial charge in [0.1, 0.15) is 22.8 Å². The molecule has 0 spiro atoms. The molecule has 1 aromatic carbocycles. The van der Waals surface area contributed by atoms with Crippen molar-refractivity contribution < 1.29 is 19.7 Å². The Morgan fingerprint density at radius 1 is 1.33 bits per heavy atom. The van der Waals surface area contributed by atoms with Crippen LogP contribution >= 0.6 is 0 Å². The fraction of sp³-hybridized carbons (Fsp3) is 0.500. The molecule has 0 radical (unpaired) electrons. The van der Waals surface area contributed by atoms with Gasteiger partial charge in [0.2, 0.25) is 0 Å². The van der Waals surface area contributed by atoms with E-state index in [2.05, 4.69) is 6.92 Å². The summed E-state index contributed by atoms with van der Waals surface area (Å²) in [4.78, 5) is 12.0. The van der Waals surface area contributed by atoms with E-state index in [9.17, 15) is 15.0 Å². The molecule has 0 saturated heterocycles. The molecular formula is C14H20O4. The van der Waals surface area contributed by atoms with Crippen LogP contribution in [0.5, 0.6) is 17.2 Å². The maximum Gasteiger partial charge on any atom is 0.170 e. The molecule has 4 nitrogen and oxygen atoms in total. The average molecular weight is 252 g/mol. The van der Waals surface area contributed by atoms with Gasteiger partial charge < -0.3 is 14.9 Å². The third-order valence-corrected chi connectivity index (χ3v) is 2.99. The van der Waals surface area contributed by atoms with Crippen molar-refractivity contribution in [1.82, 2.24) is 0 Å². The lowest BCUT2D eigenvalue weighted by molar-refractivity contribution is 0.0973. The number of benzene rings is 1. The second-order valence-electron chi connectivity index (χ2n) is 4.33. The number of carbonyl (C=O) groups is 1. The van der Waals surface area contributed by atoms with Crippen LogP contribution in [0.3, 0.4) is 0 Å². The molecule has 1 rings (SSSR count). The zero-order chi connectivity index (χ0) is 13.7. The Bertz CT molecular complexity index is 438. The molecule has 0 aliphatic carbocycles. The third kappa shape index (κ3) is 2.94. The lowest BCUT2D eigenvalue weighted by atomic mass is 10.00. The highest BCUT2D eigenvalue weighted by atomic mass is 16.5. The first kappa shape index (κ1) is 14.4. The lowest BCUT2D eigenvalue weighted by Crippen LogP contribution is -2.02. The van der Waals surface area contributed by atoms with E-state index < -0.39 is 0 Å². The van der Waals surface area contributed by atoms with Crippen molar-refractivity contribution in [3.8, 4) is 17.2 Å². The number of phenolic OH excluding ortho intramolecular Hbond substituents is 2. The highest BCUT2D eigenvalue weighted by molar-refractivity contribution is 6.01. The van der Waals surface area contributed by atoms with Crippen molar-refractivity contribution in [2.75, 3.05) is 7.11 Å². The van der Waals surface area contributed by atoms with Crippen molar-refractivity contribution in [3.05, 3.63) is 17.2 Å². The number of aromatic hydroxyl groups is 2. The molecule has 0 aromatic heterocycles. The summed E-state index contributed by atoms with van der Waals surface area (Å²) in [6.07, 6.45) is 3.08. The van der Waals surface area contributed by atoms with Crippen LogP contribution in [-0.2, 0) is 0 Å². The second-order valence-corrected chi connectivity index (χ2v) is 4.33. The van der Waals surface area contributed by atoms with Crippen LogP contribution in [0.4, 0.5) is 0 Å². The summed E-state index contributed by atoms with van der Waals surface area (Å²) < 4.78 is 5.01. The van der Waals surface area contributed by atoms with E-state index in [1.807, 2.05) is 0 Å². The fourth-order valence-corrected chi connectivity index (χ4v) is 1.88. The number of phenols is 2. The summed E-state index contributed by atoms with van der Waals surface area (Å²) in [6, 6.07) is 1.36. The van der Waals surface area contributed by atoms with Gasteiger partial charge in [-0.2, -0.15) is 0 Å². The average Bonchev–Trinajstić information content (AvgIpc) is 2.34. The van der Waals surface area contributed by atoms with Gasteiger partial charge in [-0.3, -0.25) is 4.79 Å².